The summed E-state index contributed by atoms with van der Waals surface area (Å²) >= 11 is 0. The molecule has 0 aliphatic heterocycles. The molecule has 0 unspecified atom stereocenters. The maximum absolute atomic E-state index is 11.6. The van der Waals surface area contributed by atoms with Crippen LogP contribution >= 0.6 is 0 Å². The molecule has 0 saturated carbocycles. The Bertz CT molecular complexity index is 807. The predicted octanol–water partition coefficient (Wildman–Crippen LogP) is 3.24. The number of carbonyl (C=O) groups excluding carboxylic acids is 1. The number of esters is 1. The number of hydrogen-bond donors (Lipinski definition) is 2. The van der Waals surface area contributed by atoms with Gasteiger partial charge in [-0.2, -0.15) is 5.10 Å². The molecule has 0 aliphatic rings. The third kappa shape index (κ3) is 2.69. The van der Waals surface area contributed by atoms with Gasteiger partial charge in [-0.1, -0.05) is 12.1 Å². The summed E-state index contributed by atoms with van der Waals surface area (Å²) in [5, 5.41) is 16.5. The number of carbonyl (C=O) groups is 1. The molecule has 2 aromatic carbocycles. The molecule has 110 valence electrons. The Morgan fingerprint density at radius 1 is 1.09 bits per heavy atom. The number of aromatic hydroxyl groups is 1. The number of hydrogen-bond acceptors (Lipinski definition) is 4. The van der Waals surface area contributed by atoms with Crippen LogP contribution in [0, 0.1) is 0 Å². The normalized spacial score (nSPS) is 10.4. The fraction of sp³-hybridized carbons (Fsp3) is 0.0588. The first-order valence-corrected chi connectivity index (χ1v) is 6.71. The molecule has 5 nitrogen and oxygen atoms in total. The number of phenols is 1. The highest BCUT2D eigenvalue weighted by Gasteiger charge is 2.10. The number of phenolic OH excluding ortho intramolecular Hbond substituents is 1. The SMILES string of the molecule is COC(=O)c1cccc(-c2cc(-c3ccc(O)cc3)[nH]n2)c1. The molecule has 0 atom stereocenters. The van der Waals surface area contributed by atoms with Gasteiger partial charge in [0.2, 0.25) is 0 Å². The van der Waals surface area contributed by atoms with Crippen molar-refractivity contribution < 1.29 is 14.6 Å². The summed E-state index contributed by atoms with van der Waals surface area (Å²) in [7, 11) is 1.35. The number of benzene rings is 2. The number of aromatic amines is 1. The average molecular weight is 294 g/mol. The van der Waals surface area contributed by atoms with E-state index < -0.39 is 0 Å². The zero-order valence-electron chi connectivity index (χ0n) is 11.9. The fourth-order valence-electron chi connectivity index (χ4n) is 2.18. The van der Waals surface area contributed by atoms with Crippen molar-refractivity contribution in [1.29, 1.82) is 0 Å². The van der Waals surface area contributed by atoms with Crippen LogP contribution in [0.5, 0.6) is 5.75 Å². The Labute approximate surface area is 127 Å². The van der Waals surface area contributed by atoms with E-state index in [1.165, 1.54) is 7.11 Å². The van der Waals surface area contributed by atoms with Gasteiger partial charge in [0.15, 0.2) is 0 Å². The fourth-order valence-corrected chi connectivity index (χ4v) is 2.18. The van der Waals surface area contributed by atoms with Gasteiger partial charge in [0.1, 0.15) is 5.75 Å². The van der Waals surface area contributed by atoms with Crippen LogP contribution in [0.15, 0.2) is 54.6 Å². The van der Waals surface area contributed by atoms with Gasteiger partial charge < -0.3 is 9.84 Å². The Balaban J connectivity index is 1.94. The largest absolute Gasteiger partial charge is 0.508 e. The Morgan fingerprint density at radius 2 is 1.86 bits per heavy atom. The van der Waals surface area contributed by atoms with E-state index in [-0.39, 0.29) is 11.7 Å². The molecule has 3 aromatic rings. The van der Waals surface area contributed by atoms with E-state index in [2.05, 4.69) is 10.2 Å². The van der Waals surface area contributed by atoms with Gasteiger partial charge in [-0.25, -0.2) is 4.79 Å². The lowest BCUT2D eigenvalue weighted by Gasteiger charge is -2.01. The molecule has 0 saturated heterocycles. The summed E-state index contributed by atoms with van der Waals surface area (Å²) in [5.41, 5.74) is 3.78. The van der Waals surface area contributed by atoms with Crippen molar-refractivity contribution in [3.05, 3.63) is 60.2 Å². The Kier molecular flexibility index (Phi) is 3.62. The van der Waals surface area contributed by atoms with Crippen LogP contribution in [0.25, 0.3) is 22.5 Å². The third-order valence-corrected chi connectivity index (χ3v) is 3.34. The van der Waals surface area contributed by atoms with Crippen molar-refractivity contribution in [3.8, 4) is 28.3 Å². The molecule has 0 radical (unpaired) electrons. The third-order valence-electron chi connectivity index (χ3n) is 3.34. The van der Waals surface area contributed by atoms with Gasteiger partial charge in [0, 0.05) is 5.56 Å². The second-order valence-corrected chi connectivity index (χ2v) is 4.79. The van der Waals surface area contributed by atoms with E-state index >= 15 is 0 Å². The summed E-state index contributed by atoms with van der Waals surface area (Å²) in [6, 6.07) is 15.8. The first kappa shape index (κ1) is 13.9. The highest BCUT2D eigenvalue weighted by atomic mass is 16.5. The molecule has 2 N–H and O–H groups in total. The van der Waals surface area contributed by atoms with Gasteiger partial charge in [-0.15, -0.1) is 0 Å². The van der Waals surface area contributed by atoms with Crippen molar-refractivity contribution >= 4 is 5.97 Å². The molecule has 0 bridgehead atoms. The molecule has 1 aromatic heterocycles. The van der Waals surface area contributed by atoms with Crippen LogP contribution in [0.1, 0.15) is 10.4 Å². The van der Waals surface area contributed by atoms with Gasteiger partial charge in [-0.3, -0.25) is 5.10 Å². The summed E-state index contributed by atoms with van der Waals surface area (Å²) in [4.78, 5) is 11.6. The van der Waals surface area contributed by atoms with E-state index in [9.17, 15) is 9.90 Å². The topological polar surface area (TPSA) is 75.2 Å². The van der Waals surface area contributed by atoms with E-state index in [1.54, 1.807) is 42.5 Å². The Morgan fingerprint density at radius 3 is 2.59 bits per heavy atom. The summed E-state index contributed by atoms with van der Waals surface area (Å²) in [6.45, 7) is 0. The lowest BCUT2D eigenvalue weighted by atomic mass is 10.1. The maximum atomic E-state index is 11.6. The first-order valence-electron chi connectivity index (χ1n) is 6.71. The molecule has 0 amide bonds. The molecular formula is C17H14N2O3. The van der Waals surface area contributed by atoms with Crippen molar-refractivity contribution in [2.24, 2.45) is 0 Å². The van der Waals surface area contributed by atoms with Crippen LogP contribution < -0.4 is 0 Å². The van der Waals surface area contributed by atoms with E-state index in [0.29, 0.717) is 5.56 Å². The monoisotopic (exact) mass is 294 g/mol. The maximum Gasteiger partial charge on any atom is 0.337 e. The van der Waals surface area contributed by atoms with Gasteiger partial charge >= 0.3 is 5.97 Å². The minimum atomic E-state index is -0.379. The average Bonchev–Trinajstić information content (AvgIpc) is 3.05. The van der Waals surface area contributed by atoms with Gasteiger partial charge in [-0.05, 0) is 48.0 Å². The van der Waals surface area contributed by atoms with Gasteiger partial charge in [0.05, 0.1) is 24.1 Å². The number of aromatic nitrogens is 2. The predicted molar refractivity (Wildman–Crippen MR) is 82.5 cm³/mol. The highest BCUT2D eigenvalue weighted by molar-refractivity contribution is 5.90. The van der Waals surface area contributed by atoms with Gasteiger partial charge in [0.25, 0.3) is 0 Å². The molecule has 1 heterocycles. The van der Waals surface area contributed by atoms with Crippen molar-refractivity contribution in [1.82, 2.24) is 10.2 Å². The molecule has 0 aliphatic carbocycles. The molecule has 0 spiro atoms. The van der Waals surface area contributed by atoms with Crippen LogP contribution in [0.4, 0.5) is 0 Å². The standard InChI is InChI=1S/C17H14N2O3/c1-22-17(21)13-4-2-3-12(9-13)16-10-15(18-19-16)11-5-7-14(20)8-6-11/h2-10,20H,1H3,(H,18,19). The molecule has 22 heavy (non-hydrogen) atoms. The smallest absolute Gasteiger partial charge is 0.337 e. The summed E-state index contributed by atoms with van der Waals surface area (Å²) in [6.07, 6.45) is 0. The van der Waals surface area contributed by atoms with E-state index in [4.69, 9.17) is 4.74 Å². The molecule has 5 heteroatoms. The minimum Gasteiger partial charge on any atom is -0.508 e. The number of nitrogens with one attached hydrogen (secondary N) is 1. The van der Waals surface area contributed by atoms with Crippen LogP contribution in [-0.4, -0.2) is 28.4 Å². The van der Waals surface area contributed by atoms with E-state index in [1.807, 2.05) is 12.1 Å². The quantitative estimate of drug-likeness (QED) is 0.727. The van der Waals surface area contributed by atoms with Crippen LogP contribution in [-0.2, 0) is 4.74 Å². The number of rotatable bonds is 3. The zero-order chi connectivity index (χ0) is 15.5. The van der Waals surface area contributed by atoms with Crippen LogP contribution in [0.3, 0.4) is 0 Å². The number of methoxy groups -OCH3 is 1. The van der Waals surface area contributed by atoms with E-state index in [0.717, 1.165) is 22.5 Å². The minimum absolute atomic E-state index is 0.217. The number of H-pyrrole nitrogens is 1. The summed E-state index contributed by atoms with van der Waals surface area (Å²) < 4.78 is 4.72. The molecule has 3 rings (SSSR count). The van der Waals surface area contributed by atoms with Crippen molar-refractivity contribution in [2.45, 2.75) is 0 Å². The number of ether oxygens (including phenoxy) is 1. The molecule has 0 fully saturated rings. The lowest BCUT2D eigenvalue weighted by Crippen LogP contribution is -2.00. The highest BCUT2D eigenvalue weighted by Crippen LogP contribution is 2.25. The summed E-state index contributed by atoms with van der Waals surface area (Å²) in [5.74, 6) is -0.162. The first-order chi connectivity index (χ1) is 10.7. The second-order valence-electron chi connectivity index (χ2n) is 4.79. The number of nitrogens with zero attached hydrogens (tertiary/aromatic N) is 1. The second kappa shape index (κ2) is 5.73. The Hall–Kier alpha value is -3.08. The van der Waals surface area contributed by atoms with Crippen LogP contribution in [0.2, 0.25) is 0 Å². The van der Waals surface area contributed by atoms with Crippen molar-refractivity contribution in [2.75, 3.05) is 7.11 Å². The van der Waals surface area contributed by atoms with Crippen molar-refractivity contribution in [3.63, 3.8) is 0 Å². The lowest BCUT2D eigenvalue weighted by molar-refractivity contribution is 0.0601. The zero-order valence-corrected chi connectivity index (χ0v) is 11.9. The molecular weight excluding hydrogens is 280 g/mol.